The molecule has 0 unspecified atom stereocenters. The second-order valence-corrected chi connectivity index (χ2v) is 2.80. The van der Waals surface area contributed by atoms with Gasteiger partial charge in [0, 0.05) is 6.20 Å². The lowest BCUT2D eigenvalue weighted by molar-refractivity contribution is 1.16. The number of nitriles is 1. The van der Waals surface area contributed by atoms with Crippen LogP contribution in [0.5, 0.6) is 0 Å². The third kappa shape index (κ3) is 2.25. The molecule has 2 aromatic rings. The van der Waals surface area contributed by atoms with E-state index in [2.05, 4.69) is 20.3 Å². The zero-order valence-electron chi connectivity index (χ0n) is 7.75. The van der Waals surface area contributed by atoms with Gasteiger partial charge in [0.2, 0.25) is 0 Å². The van der Waals surface area contributed by atoms with Gasteiger partial charge in [-0.1, -0.05) is 0 Å². The Bertz CT molecular complexity index is 471. The molecule has 2 rings (SSSR count). The number of nitrogens with zero attached hydrogens (tertiary/aromatic N) is 4. The van der Waals surface area contributed by atoms with Crippen molar-refractivity contribution in [2.45, 2.75) is 0 Å². The van der Waals surface area contributed by atoms with Gasteiger partial charge in [0.05, 0.1) is 23.6 Å². The van der Waals surface area contributed by atoms with Crippen LogP contribution in [-0.4, -0.2) is 15.0 Å². The molecule has 0 saturated heterocycles. The van der Waals surface area contributed by atoms with Crippen molar-refractivity contribution in [3.8, 4) is 6.07 Å². The van der Waals surface area contributed by atoms with Crippen molar-refractivity contribution in [2.75, 3.05) is 5.32 Å². The van der Waals surface area contributed by atoms with Crippen LogP contribution >= 0.6 is 0 Å². The van der Waals surface area contributed by atoms with Gasteiger partial charge in [-0.3, -0.25) is 0 Å². The van der Waals surface area contributed by atoms with Gasteiger partial charge in [-0.15, -0.1) is 0 Å². The lowest BCUT2D eigenvalue weighted by Crippen LogP contribution is -1.94. The fraction of sp³-hybridized carbons (Fsp3) is 0. The topological polar surface area (TPSA) is 74.5 Å². The van der Waals surface area contributed by atoms with Gasteiger partial charge in [-0.05, 0) is 12.1 Å². The summed E-state index contributed by atoms with van der Waals surface area (Å²) in [5.74, 6) is 0.656. The highest BCUT2D eigenvalue weighted by Crippen LogP contribution is 2.11. The van der Waals surface area contributed by atoms with E-state index in [1.807, 2.05) is 6.07 Å². The number of nitrogens with one attached hydrogen (secondary N) is 1. The van der Waals surface area contributed by atoms with Crippen LogP contribution < -0.4 is 5.32 Å². The highest BCUT2D eigenvalue weighted by Gasteiger charge is 1.96. The van der Waals surface area contributed by atoms with Crippen LogP contribution in [0, 0.1) is 11.3 Å². The van der Waals surface area contributed by atoms with Crippen LogP contribution in [-0.2, 0) is 0 Å². The molecule has 0 fully saturated rings. The first kappa shape index (κ1) is 9.09. The van der Waals surface area contributed by atoms with Crippen molar-refractivity contribution in [3.05, 3.63) is 42.6 Å². The van der Waals surface area contributed by atoms with E-state index in [-0.39, 0.29) is 0 Å². The number of aromatic nitrogens is 3. The molecule has 0 atom stereocenters. The molecule has 0 saturated carbocycles. The lowest BCUT2D eigenvalue weighted by Gasteiger charge is -2.02. The fourth-order valence-electron chi connectivity index (χ4n) is 1.05. The smallest absolute Gasteiger partial charge is 0.130 e. The fourth-order valence-corrected chi connectivity index (χ4v) is 1.05. The minimum Gasteiger partial charge on any atom is -0.338 e. The van der Waals surface area contributed by atoms with E-state index in [1.54, 1.807) is 24.5 Å². The number of hydrogen-bond donors (Lipinski definition) is 1. The maximum Gasteiger partial charge on any atom is 0.130 e. The normalized spacial score (nSPS) is 9.27. The molecule has 2 heterocycles. The maximum atomic E-state index is 8.59. The Balaban J connectivity index is 2.16. The largest absolute Gasteiger partial charge is 0.338 e. The Morgan fingerprint density at radius 2 is 1.93 bits per heavy atom. The molecule has 5 heteroatoms. The average Bonchev–Trinajstić information content (AvgIpc) is 2.31. The van der Waals surface area contributed by atoms with Crippen molar-refractivity contribution in [1.82, 2.24) is 15.0 Å². The second kappa shape index (κ2) is 4.15. The molecule has 0 aliphatic rings. The summed E-state index contributed by atoms with van der Waals surface area (Å²) in [6.45, 7) is 0. The van der Waals surface area contributed by atoms with Gasteiger partial charge in [0.25, 0.3) is 0 Å². The molecule has 0 aliphatic carbocycles. The predicted molar refractivity (Wildman–Crippen MR) is 54.3 cm³/mol. The molecule has 0 aliphatic heterocycles. The monoisotopic (exact) mass is 197 g/mol. The summed E-state index contributed by atoms with van der Waals surface area (Å²) in [5, 5.41) is 11.6. The molecule has 0 radical (unpaired) electrons. The molecule has 15 heavy (non-hydrogen) atoms. The van der Waals surface area contributed by atoms with E-state index in [9.17, 15) is 0 Å². The second-order valence-electron chi connectivity index (χ2n) is 2.80. The zero-order chi connectivity index (χ0) is 10.5. The number of anilines is 2. The van der Waals surface area contributed by atoms with Gasteiger partial charge in [0.15, 0.2) is 0 Å². The first-order valence-corrected chi connectivity index (χ1v) is 4.26. The molecule has 0 bridgehead atoms. The van der Waals surface area contributed by atoms with E-state index in [0.717, 1.165) is 5.69 Å². The molecular weight excluding hydrogens is 190 g/mol. The molecule has 1 N–H and O–H groups in total. The summed E-state index contributed by atoms with van der Waals surface area (Å²) in [5.41, 5.74) is 1.29. The van der Waals surface area contributed by atoms with Crippen LogP contribution in [0.3, 0.4) is 0 Å². The highest BCUT2D eigenvalue weighted by atomic mass is 15.0. The van der Waals surface area contributed by atoms with Crippen molar-refractivity contribution in [2.24, 2.45) is 0 Å². The minimum atomic E-state index is 0.532. The van der Waals surface area contributed by atoms with Gasteiger partial charge in [0.1, 0.15) is 18.2 Å². The minimum absolute atomic E-state index is 0.532. The lowest BCUT2D eigenvalue weighted by atomic mass is 10.3. The van der Waals surface area contributed by atoms with Gasteiger partial charge < -0.3 is 5.32 Å². The van der Waals surface area contributed by atoms with E-state index >= 15 is 0 Å². The third-order valence-electron chi connectivity index (χ3n) is 1.73. The van der Waals surface area contributed by atoms with E-state index in [1.165, 1.54) is 12.5 Å². The summed E-state index contributed by atoms with van der Waals surface area (Å²) in [4.78, 5) is 11.8. The Morgan fingerprint density at radius 3 is 2.53 bits per heavy atom. The van der Waals surface area contributed by atoms with Crippen LogP contribution in [0.4, 0.5) is 11.5 Å². The molecule has 0 amide bonds. The zero-order valence-corrected chi connectivity index (χ0v) is 7.75. The first-order chi connectivity index (χ1) is 7.38. The SMILES string of the molecule is N#Cc1ccc(Nc2cncnc2)nc1. The van der Waals surface area contributed by atoms with Crippen molar-refractivity contribution in [3.63, 3.8) is 0 Å². The van der Waals surface area contributed by atoms with Gasteiger partial charge in [-0.2, -0.15) is 5.26 Å². The van der Waals surface area contributed by atoms with Crippen molar-refractivity contribution in [1.29, 1.82) is 5.26 Å². The quantitative estimate of drug-likeness (QED) is 0.789. The van der Waals surface area contributed by atoms with Crippen LogP contribution in [0.1, 0.15) is 5.56 Å². The third-order valence-corrected chi connectivity index (χ3v) is 1.73. The van der Waals surface area contributed by atoms with Crippen molar-refractivity contribution < 1.29 is 0 Å². The van der Waals surface area contributed by atoms with Crippen LogP contribution in [0.25, 0.3) is 0 Å². The van der Waals surface area contributed by atoms with Gasteiger partial charge in [-0.25, -0.2) is 15.0 Å². The predicted octanol–water partition coefficient (Wildman–Crippen LogP) is 1.49. The molecule has 0 spiro atoms. The summed E-state index contributed by atoms with van der Waals surface area (Å²) in [6.07, 6.45) is 6.25. The Morgan fingerprint density at radius 1 is 1.13 bits per heavy atom. The number of pyridine rings is 1. The summed E-state index contributed by atoms with van der Waals surface area (Å²) in [6, 6.07) is 5.42. The van der Waals surface area contributed by atoms with E-state index in [0.29, 0.717) is 11.4 Å². The Labute approximate surface area is 86.5 Å². The average molecular weight is 197 g/mol. The standard InChI is InChI=1S/C10H7N5/c11-3-8-1-2-10(14-4-8)15-9-5-12-7-13-6-9/h1-2,4-7H,(H,14,15). The van der Waals surface area contributed by atoms with Crippen LogP contribution in [0.15, 0.2) is 37.1 Å². The molecule has 0 aromatic carbocycles. The summed E-state index contributed by atoms with van der Waals surface area (Å²) in [7, 11) is 0. The maximum absolute atomic E-state index is 8.59. The van der Waals surface area contributed by atoms with E-state index < -0.39 is 0 Å². The molecule has 72 valence electrons. The van der Waals surface area contributed by atoms with Gasteiger partial charge >= 0.3 is 0 Å². The summed E-state index contributed by atoms with van der Waals surface area (Å²) < 4.78 is 0. The highest BCUT2D eigenvalue weighted by molar-refractivity contribution is 5.53. The Hall–Kier alpha value is -2.48. The summed E-state index contributed by atoms with van der Waals surface area (Å²) >= 11 is 0. The van der Waals surface area contributed by atoms with Crippen LogP contribution in [0.2, 0.25) is 0 Å². The van der Waals surface area contributed by atoms with E-state index in [4.69, 9.17) is 5.26 Å². The number of hydrogen-bond acceptors (Lipinski definition) is 5. The number of rotatable bonds is 2. The molecule has 2 aromatic heterocycles. The van der Waals surface area contributed by atoms with Crippen molar-refractivity contribution >= 4 is 11.5 Å². The molecule has 5 nitrogen and oxygen atoms in total. The molecular formula is C10H7N5. The first-order valence-electron chi connectivity index (χ1n) is 4.26. The Kier molecular flexibility index (Phi) is 2.52.